The molecule has 21 heavy (non-hydrogen) atoms. The standard InChI is InChI=1S/C15H22N2O3S/c1-11(21(3)19)10-16-12(2)13-5-4-6-14(9-13)17-7-8-20-15(17)18/h4-6,9,11-12,16H,7-8,10H2,1-3H3/t11-,12-,21-/m0/s1. The molecule has 1 saturated heterocycles. The molecule has 1 aromatic carbocycles. The van der Waals surface area contributed by atoms with Crippen molar-refractivity contribution in [3.05, 3.63) is 29.8 Å². The second-order valence-corrected chi connectivity index (χ2v) is 7.10. The number of nitrogens with zero attached hydrogens (tertiary/aromatic N) is 1. The quantitative estimate of drug-likeness (QED) is 0.874. The largest absolute Gasteiger partial charge is 0.447 e. The number of nitrogens with one attached hydrogen (secondary N) is 1. The van der Waals surface area contributed by atoms with Crippen molar-refractivity contribution in [1.29, 1.82) is 0 Å². The molecule has 0 bridgehead atoms. The molecule has 5 nitrogen and oxygen atoms in total. The van der Waals surface area contributed by atoms with Crippen LogP contribution in [-0.2, 0) is 15.5 Å². The predicted molar refractivity (Wildman–Crippen MR) is 85.1 cm³/mol. The highest BCUT2D eigenvalue weighted by molar-refractivity contribution is 7.84. The molecule has 1 aliphatic heterocycles. The van der Waals surface area contributed by atoms with E-state index in [1.54, 1.807) is 11.2 Å². The van der Waals surface area contributed by atoms with Gasteiger partial charge in [-0.25, -0.2) is 4.79 Å². The summed E-state index contributed by atoms with van der Waals surface area (Å²) in [6.07, 6.45) is 1.43. The van der Waals surface area contributed by atoms with Crippen molar-refractivity contribution in [2.75, 3.05) is 30.9 Å². The van der Waals surface area contributed by atoms with Gasteiger partial charge in [0.15, 0.2) is 0 Å². The Bertz CT molecular complexity index is 535. The number of amides is 1. The molecule has 0 spiro atoms. The first-order valence-corrected chi connectivity index (χ1v) is 8.71. The first kappa shape index (κ1) is 16.0. The first-order valence-electron chi connectivity index (χ1n) is 7.09. The number of hydrogen-bond acceptors (Lipinski definition) is 4. The first-order chi connectivity index (χ1) is 9.99. The van der Waals surface area contributed by atoms with Gasteiger partial charge in [-0.3, -0.25) is 9.11 Å². The van der Waals surface area contributed by atoms with Crippen molar-refractivity contribution in [3.8, 4) is 0 Å². The number of anilines is 1. The van der Waals surface area contributed by atoms with Gasteiger partial charge in [-0.15, -0.1) is 0 Å². The summed E-state index contributed by atoms with van der Waals surface area (Å²) in [4.78, 5) is 13.2. The van der Waals surface area contributed by atoms with Crippen LogP contribution in [0.25, 0.3) is 0 Å². The molecule has 1 amide bonds. The summed E-state index contributed by atoms with van der Waals surface area (Å²) in [6.45, 7) is 5.76. The van der Waals surface area contributed by atoms with E-state index in [-0.39, 0.29) is 17.4 Å². The maximum Gasteiger partial charge on any atom is 0.414 e. The van der Waals surface area contributed by atoms with Gasteiger partial charge in [-0.2, -0.15) is 0 Å². The van der Waals surface area contributed by atoms with Crippen LogP contribution in [0.4, 0.5) is 10.5 Å². The fourth-order valence-corrected chi connectivity index (χ4v) is 2.50. The lowest BCUT2D eigenvalue weighted by molar-refractivity contribution is 0.181. The molecule has 0 unspecified atom stereocenters. The van der Waals surface area contributed by atoms with Crippen molar-refractivity contribution in [2.24, 2.45) is 0 Å². The molecule has 0 radical (unpaired) electrons. The van der Waals surface area contributed by atoms with E-state index in [2.05, 4.69) is 12.2 Å². The number of cyclic esters (lactones) is 1. The van der Waals surface area contributed by atoms with Gasteiger partial charge in [-0.05, 0) is 31.5 Å². The van der Waals surface area contributed by atoms with Crippen molar-refractivity contribution in [1.82, 2.24) is 5.32 Å². The minimum Gasteiger partial charge on any atom is -0.447 e. The lowest BCUT2D eigenvalue weighted by Gasteiger charge is -2.19. The van der Waals surface area contributed by atoms with Crippen LogP contribution in [0.1, 0.15) is 25.5 Å². The topological polar surface area (TPSA) is 58.6 Å². The van der Waals surface area contributed by atoms with Crippen LogP contribution in [0.3, 0.4) is 0 Å². The van der Waals surface area contributed by atoms with Gasteiger partial charge in [0.05, 0.1) is 6.54 Å². The van der Waals surface area contributed by atoms with Gasteiger partial charge in [0.25, 0.3) is 0 Å². The molecule has 1 aliphatic rings. The Labute approximate surface area is 128 Å². The number of hydrogen-bond donors (Lipinski definition) is 1. The summed E-state index contributed by atoms with van der Waals surface area (Å²) in [5.74, 6) is 0. The number of benzene rings is 1. The molecule has 0 saturated carbocycles. The highest BCUT2D eigenvalue weighted by atomic mass is 32.2. The Kier molecular flexibility index (Phi) is 5.36. The van der Waals surface area contributed by atoms with Crippen LogP contribution in [0.15, 0.2) is 24.3 Å². The van der Waals surface area contributed by atoms with E-state index in [1.165, 1.54) is 0 Å². The molecule has 1 N–H and O–H groups in total. The minimum absolute atomic E-state index is 0.115. The van der Waals surface area contributed by atoms with Gasteiger partial charge in [0, 0.05) is 40.6 Å². The van der Waals surface area contributed by atoms with E-state index in [0.29, 0.717) is 19.7 Å². The summed E-state index contributed by atoms with van der Waals surface area (Å²) in [7, 11) is -0.826. The fourth-order valence-electron chi connectivity index (χ4n) is 2.17. The third-order valence-electron chi connectivity index (χ3n) is 3.72. The summed E-state index contributed by atoms with van der Waals surface area (Å²) in [5.41, 5.74) is 1.96. The highest BCUT2D eigenvalue weighted by Crippen LogP contribution is 2.23. The number of carbonyl (C=O) groups excluding carboxylic acids is 1. The Morgan fingerprint density at radius 1 is 1.43 bits per heavy atom. The van der Waals surface area contributed by atoms with Crippen molar-refractivity contribution < 1.29 is 13.7 Å². The third-order valence-corrected chi connectivity index (χ3v) is 5.02. The van der Waals surface area contributed by atoms with Crippen LogP contribution in [0.5, 0.6) is 0 Å². The molecule has 0 aliphatic carbocycles. The van der Waals surface area contributed by atoms with E-state index in [9.17, 15) is 9.00 Å². The van der Waals surface area contributed by atoms with Crippen LogP contribution in [0, 0.1) is 0 Å². The minimum atomic E-state index is -0.826. The molecule has 6 heteroatoms. The molecular formula is C15H22N2O3S. The number of carbonyl (C=O) groups is 1. The number of ether oxygens (including phenoxy) is 1. The normalized spacial score (nSPS) is 19.2. The summed E-state index contributed by atoms with van der Waals surface area (Å²) in [6, 6.07) is 8.01. The summed E-state index contributed by atoms with van der Waals surface area (Å²) in [5, 5.41) is 3.50. The van der Waals surface area contributed by atoms with Gasteiger partial charge in [0.1, 0.15) is 6.61 Å². The second-order valence-electron chi connectivity index (χ2n) is 5.30. The highest BCUT2D eigenvalue weighted by Gasteiger charge is 2.23. The molecule has 1 aromatic rings. The summed E-state index contributed by atoms with van der Waals surface area (Å²) < 4.78 is 16.3. The van der Waals surface area contributed by atoms with E-state index in [1.807, 2.05) is 31.2 Å². The van der Waals surface area contributed by atoms with E-state index in [0.717, 1.165) is 11.3 Å². The lowest BCUT2D eigenvalue weighted by Crippen LogP contribution is -2.30. The zero-order chi connectivity index (χ0) is 15.4. The Morgan fingerprint density at radius 3 is 2.81 bits per heavy atom. The van der Waals surface area contributed by atoms with Crippen molar-refractivity contribution >= 4 is 22.6 Å². The van der Waals surface area contributed by atoms with Crippen molar-refractivity contribution in [3.63, 3.8) is 0 Å². The van der Waals surface area contributed by atoms with Gasteiger partial charge in [0.2, 0.25) is 0 Å². The van der Waals surface area contributed by atoms with E-state index in [4.69, 9.17) is 4.74 Å². The number of rotatable bonds is 6. The predicted octanol–water partition coefficient (Wildman–Crippen LogP) is 2.06. The van der Waals surface area contributed by atoms with Gasteiger partial charge >= 0.3 is 6.09 Å². The van der Waals surface area contributed by atoms with Crippen LogP contribution in [-0.4, -0.2) is 41.5 Å². The Hall–Kier alpha value is -1.40. The average molecular weight is 310 g/mol. The SMILES string of the molecule is C[C@H](NC[C@H](C)[S@](C)=O)c1cccc(N2CCOC2=O)c1. The molecule has 3 atom stereocenters. The maximum absolute atomic E-state index is 11.6. The molecular weight excluding hydrogens is 288 g/mol. The second kappa shape index (κ2) is 7.04. The molecule has 1 heterocycles. The average Bonchev–Trinajstić information content (AvgIpc) is 2.90. The van der Waals surface area contributed by atoms with Gasteiger partial charge in [-0.1, -0.05) is 12.1 Å². The fraction of sp³-hybridized carbons (Fsp3) is 0.533. The zero-order valence-electron chi connectivity index (χ0n) is 12.7. The Morgan fingerprint density at radius 2 is 2.19 bits per heavy atom. The third kappa shape index (κ3) is 4.04. The smallest absolute Gasteiger partial charge is 0.414 e. The van der Waals surface area contributed by atoms with Crippen LogP contribution >= 0.6 is 0 Å². The Balaban J connectivity index is 2.03. The monoisotopic (exact) mass is 310 g/mol. The van der Waals surface area contributed by atoms with Crippen LogP contribution in [0.2, 0.25) is 0 Å². The molecule has 2 rings (SSSR count). The van der Waals surface area contributed by atoms with Crippen LogP contribution < -0.4 is 10.2 Å². The summed E-state index contributed by atoms with van der Waals surface area (Å²) >= 11 is 0. The lowest BCUT2D eigenvalue weighted by atomic mass is 10.1. The maximum atomic E-state index is 11.6. The molecule has 1 fully saturated rings. The molecule has 0 aromatic heterocycles. The molecule has 116 valence electrons. The van der Waals surface area contributed by atoms with Gasteiger partial charge < -0.3 is 10.1 Å². The van der Waals surface area contributed by atoms with Crippen molar-refractivity contribution in [2.45, 2.75) is 25.1 Å². The zero-order valence-corrected chi connectivity index (χ0v) is 13.5. The van der Waals surface area contributed by atoms with E-state index < -0.39 is 10.8 Å². The van der Waals surface area contributed by atoms with E-state index >= 15 is 0 Å².